The van der Waals surface area contributed by atoms with Gasteiger partial charge in [-0.15, -0.1) is 0 Å². The Balaban J connectivity index is 1.91. The van der Waals surface area contributed by atoms with E-state index in [0.717, 1.165) is 23.3 Å². The summed E-state index contributed by atoms with van der Waals surface area (Å²) in [6, 6.07) is 18.9. The molecule has 1 amide bonds. The second kappa shape index (κ2) is 8.60. The van der Waals surface area contributed by atoms with Crippen LogP contribution in [-0.2, 0) is 11.0 Å². The van der Waals surface area contributed by atoms with Crippen molar-refractivity contribution >= 4 is 17.8 Å². The average molecular weight is 398 g/mol. The Morgan fingerprint density at radius 3 is 2.31 bits per heavy atom. The average Bonchev–Trinajstić information content (AvgIpc) is 2.72. The van der Waals surface area contributed by atoms with Gasteiger partial charge in [-0.2, -0.15) is 13.2 Å². The number of carbonyl (C=O) groups is 1. The minimum atomic E-state index is -4.62. The summed E-state index contributed by atoms with van der Waals surface area (Å²) in [5.74, 6) is -0.825. The zero-order valence-corrected chi connectivity index (χ0v) is 15.4. The van der Waals surface area contributed by atoms with Crippen LogP contribution < -0.4 is 5.32 Å². The van der Waals surface area contributed by atoms with Crippen molar-refractivity contribution in [1.29, 1.82) is 0 Å². The van der Waals surface area contributed by atoms with Crippen LogP contribution >= 0.6 is 0 Å². The monoisotopic (exact) mass is 398 g/mol. The molecule has 0 aromatic heterocycles. The highest BCUT2D eigenvalue weighted by atomic mass is 19.4. The highest BCUT2D eigenvalue weighted by Gasteiger charge is 2.34. The molecule has 0 unspecified atom stereocenters. The molecule has 29 heavy (non-hydrogen) atoms. The van der Waals surface area contributed by atoms with Gasteiger partial charge in [-0.25, -0.2) is 0 Å². The number of carbonyl (C=O) groups excluding carboxylic acids is 1. The van der Waals surface area contributed by atoms with Crippen molar-refractivity contribution in [3.63, 3.8) is 0 Å². The molecule has 0 saturated carbocycles. The van der Waals surface area contributed by atoms with E-state index >= 15 is 0 Å². The zero-order chi connectivity index (χ0) is 20.9. The van der Waals surface area contributed by atoms with E-state index in [1.165, 1.54) is 19.2 Å². The summed E-state index contributed by atoms with van der Waals surface area (Å²) < 4.78 is 39.7. The fourth-order valence-corrected chi connectivity index (χ4v) is 2.82. The van der Waals surface area contributed by atoms with Gasteiger partial charge >= 0.3 is 6.18 Å². The maximum absolute atomic E-state index is 13.2. The second-order valence-corrected chi connectivity index (χ2v) is 6.08. The number of oxime groups is 1. The first-order valence-electron chi connectivity index (χ1n) is 8.63. The van der Waals surface area contributed by atoms with E-state index in [2.05, 4.69) is 15.3 Å². The van der Waals surface area contributed by atoms with Crippen molar-refractivity contribution in [1.82, 2.24) is 0 Å². The molecule has 0 saturated heterocycles. The molecular formula is C22H17F3N2O2. The van der Waals surface area contributed by atoms with Crippen molar-refractivity contribution in [3.8, 4) is 11.1 Å². The Bertz CT molecular complexity index is 1030. The Morgan fingerprint density at radius 1 is 0.966 bits per heavy atom. The maximum Gasteiger partial charge on any atom is 0.417 e. The van der Waals surface area contributed by atoms with E-state index in [1.807, 2.05) is 24.3 Å². The van der Waals surface area contributed by atoms with Gasteiger partial charge in [-0.3, -0.25) is 4.79 Å². The second-order valence-electron chi connectivity index (χ2n) is 6.08. The number of hydrogen-bond donors (Lipinski definition) is 1. The standard InChI is InChI=1S/C22H17F3N2O2/c1-29-26-14-15-10-12-16(13-11-15)17-6-3-5-9-20(17)27-21(28)18-7-2-4-8-19(18)22(23,24)25/h2-14H,1H3,(H,27,28). The van der Waals surface area contributed by atoms with Gasteiger partial charge in [0.1, 0.15) is 7.11 Å². The summed E-state index contributed by atoms with van der Waals surface area (Å²) in [7, 11) is 1.45. The molecule has 0 aliphatic rings. The molecule has 0 bridgehead atoms. The highest BCUT2D eigenvalue weighted by Crippen LogP contribution is 2.33. The summed E-state index contributed by atoms with van der Waals surface area (Å²) in [5, 5.41) is 6.29. The van der Waals surface area contributed by atoms with Crippen LogP contribution in [-0.4, -0.2) is 19.2 Å². The van der Waals surface area contributed by atoms with Gasteiger partial charge in [0.2, 0.25) is 0 Å². The van der Waals surface area contributed by atoms with Crippen LogP contribution in [0.25, 0.3) is 11.1 Å². The Labute approximate surface area is 165 Å². The van der Waals surface area contributed by atoms with Gasteiger partial charge in [0.05, 0.1) is 17.3 Å². The number of amides is 1. The van der Waals surface area contributed by atoms with Gasteiger partial charge < -0.3 is 10.2 Å². The van der Waals surface area contributed by atoms with Gasteiger partial charge in [0, 0.05) is 11.3 Å². The summed E-state index contributed by atoms with van der Waals surface area (Å²) in [6.07, 6.45) is -3.07. The highest BCUT2D eigenvalue weighted by molar-refractivity contribution is 6.07. The number of benzene rings is 3. The minimum Gasteiger partial charge on any atom is -0.399 e. The third-order valence-electron chi connectivity index (χ3n) is 4.18. The first-order valence-corrected chi connectivity index (χ1v) is 8.63. The van der Waals surface area contributed by atoms with Crippen LogP contribution in [0.5, 0.6) is 0 Å². The van der Waals surface area contributed by atoms with Crippen LogP contribution in [0.3, 0.4) is 0 Å². The van der Waals surface area contributed by atoms with Gasteiger partial charge in [0.15, 0.2) is 0 Å². The predicted octanol–water partition coefficient (Wildman–Crippen LogP) is 5.61. The molecule has 148 valence electrons. The lowest BCUT2D eigenvalue weighted by Crippen LogP contribution is -2.18. The number of alkyl halides is 3. The largest absolute Gasteiger partial charge is 0.417 e. The molecule has 0 atom stereocenters. The summed E-state index contributed by atoms with van der Waals surface area (Å²) in [6.45, 7) is 0. The maximum atomic E-state index is 13.2. The van der Waals surface area contributed by atoms with Crippen LogP contribution in [0.1, 0.15) is 21.5 Å². The number of halogens is 3. The number of nitrogens with one attached hydrogen (secondary N) is 1. The number of hydrogen-bond acceptors (Lipinski definition) is 3. The number of para-hydroxylation sites is 1. The predicted molar refractivity (Wildman–Crippen MR) is 106 cm³/mol. The topological polar surface area (TPSA) is 50.7 Å². The van der Waals surface area contributed by atoms with E-state index < -0.39 is 23.2 Å². The molecule has 0 aliphatic carbocycles. The quantitative estimate of drug-likeness (QED) is 0.449. The number of anilines is 1. The fourth-order valence-electron chi connectivity index (χ4n) is 2.82. The van der Waals surface area contributed by atoms with Crippen molar-refractivity contribution in [3.05, 3.63) is 89.5 Å². The van der Waals surface area contributed by atoms with E-state index in [9.17, 15) is 18.0 Å². The van der Waals surface area contributed by atoms with Gasteiger partial charge in [-0.05, 0) is 29.3 Å². The van der Waals surface area contributed by atoms with E-state index in [1.54, 1.807) is 30.5 Å². The molecule has 1 N–H and O–H groups in total. The lowest BCUT2D eigenvalue weighted by atomic mass is 10.0. The van der Waals surface area contributed by atoms with Crippen LogP contribution in [0, 0.1) is 0 Å². The Kier molecular flexibility index (Phi) is 5.97. The third-order valence-corrected chi connectivity index (χ3v) is 4.18. The van der Waals surface area contributed by atoms with Crippen molar-refractivity contribution in [2.45, 2.75) is 6.18 Å². The fraction of sp³-hybridized carbons (Fsp3) is 0.0909. The Hall–Kier alpha value is -3.61. The van der Waals surface area contributed by atoms with Crippen LogP contribution in [0.4, 0.5) is 18.9 Å². The number of rotatable bonds is 5. The van der Waals surface area contributed by atoms with Crippen LogP contribution in [0.2, 0.25) is 0 Å². The lowest BCUT2D eigenvalue weighted by molar-refractivity contribution is -0.137. The SMILES string of the molecule is CON=Cc1ccc(-c2ccccc2NC(=O)c2ccccc2C(F)(F)F)cc1. The molecule has 0 radical (unpaired) electrons. The number of nitrogens with zero attached hydrogens (tertiary/aromatic N) is 1. The molecule has 0 heterocycles. The van der Waals surface area contributed by atoms with Crippen molar-refractivity contribution < 1.29 is 22.8 Å². The third kappa shape index (κ3) is 4.82. The summed E-state index contributed by atoms with van der Waals surface area (Å²) in [4.78, 5) is 17.2. The van der Waals surface area contributed by atoms with Crippen molar-refractivity contribution in [2.75, 3.05) is 12.4 Å². The summed E-state index contributed by atoms with van der Waals surface area (Å²) in [5.41, 5.74) is 1.29. The molecular weight excluding hydrogens is 381 g/mol. The minimum absolute atomic E-state index is 0.410. The van der Waals surface area contributed by atoms with Gasteiger partial charge in [0.25, 0.3) is 5.91 Å². The molecule has 4 nitrogen and oxygen atoms in total. The molecule has 3 aromatic rings. The first kappa shape index (κ1) is 20.1. The zero-order valence-electron chi connectivity index (χ0n) is 15.4. The molecule has 7 heteroatoms. The molecule has 3 aromatic carbocycles. The molecule has 0 aliphatic heterocycles. The lowest BCUT2D eigenvalue weighted by Gasteiger charge is -2.15. The smallest absolute Gasteiger partial charge is 0.399 e. The van der Waals surface area contributed by atoms with Gasteiger partial charge in [-0.1, -0.05) is 59.8 Å². The molecule has 0 spiro atoms. The normalized spacial score (nSPS) is 11.4. The van der Waals surface area contributed by atoms with E-state index in [0.29, 0.717) is 11.3 Å². The van der Waals surface area contributed by atoms with E-state index in [4.69, 9.17) is 0 Å². The summed E-state index contributed by atoms with van der Waals surface area (Å²) >= 11 is 0. The van der Waals surface area contributed by atoms with Crippen LogP contribution in [0.15, 0.2) is 78.0 Å². The molecule has 0 fully saturated rings. The van der Waals surface area contributed by atoms with Crippen molar-refractivity contribution in [2.24, 2.45) is 5.16 Å². The van der Waals surface area contributed by atoms with E-state index in [-0.39, 0.29) is 0 Å². The molecule has 3 rings (SSSR count). The first-order chi connectivity index (χ1) is 13.9. The Morgan fingerprint density at radius 2 is 1.62 bits per heavy atom.